The number of esters is 3. The summed E-state index contributed by atoms with van der Waals surface area (Å²) >= 11 is 0. The molecule has 0 aromatic heterocycles. The van der Waals surface area contributed by atoms with E-state index in [2.05, 4.69) is 0 Å². The predicted molar refractivity (Wildman–Crippen MR) is 160 cm³/mol. The molecule has 14 heteroatoms. The molecule has 250 valence electrons. The Morgan fingerprint density at radius 1 is 0.468 bits per heavy atom. The Bertz CT molecular complexity index is 1420. The molecule has 3 aromatic carbocycles. The van der Waals surface area contributed by atoms with Crippen LogP contribution in [0.3, 0.4) is 0 Å². The van der Waals surface area contributed by atoms with Gasteiger partial charge in [0, 0.05) is 0 Å². The summed E-state index contributed by atoms with van der Waals surface area (Å²) in [5.41, 5.74) is -2.99. The summed E-state index contributed by atoms with van der Waals surface area (Å²) in [5.74, 6) is -7.82. The quantitative estimate of drug-likeness (QED) is 0.110. The van der Waals surface area contributed by atoms with Gasteiger partial charge in [-0.15, -0.1) is 0 Å². The SMILES string of the molecule is O=C(CC(O)(CC(=O)OCc1ccccc1)C(=O)OCc1ccccc1)OCc1ccccc1.O=C(O)CC(O)(CC(=O)O)C(=O)O. The highest BCUT2D eigenvalue weighted by Crippen LogP contribution is 2.22. The third-order valence-electron chi connectivity index (χ3n) is 6.24. The highest BCUT2D eigenvalue weighted by molar-refractivity contribution is 5.90. The standard InChI is InChI=1S/C27H26O7.C6H8O7/c28-24(32-18-21-10-4-1-5-11-21)16-27(31,26(30)34-20-23-14-8-3-9-15-23)17-25(29)33-19-22-12-6-2-7-13-22;7-3(8)1-6(13,5(11)12)2-4(9)10/h1-15,31H,16-20H2;13H,1-2H2,(H,7,8)(H,9,10)(H,11,12). The van der Waals surface area contributed by atoms with Crippen molar-refractivity contribution < 1.29 is 68.5 Å². The highest BCUT2D eigenvalue weighted by Gasteiger charge is 2.43. The predicted octanol–water partition coefficient (Wildman–Crippen LogP) is 2.48. The van der Waals surface area contributed by atoms with E-state index < -0.39 is 72.7 Å². The van der Waals surface area contributed by atoms with Crippen molar-refractivity contribution in [2.45, 2.75) is 56.7 Å². The second-order valence-corrected chi connectivity index (χ2v) is 10.2. The van der Waals surface area contributed by atoms with Crippen molar-refractivity contribution in [3.8, 4) is 0 Å². The normalized spacial score (nSPS) is 10.9. The molecule has 3 aromatic rings. The van der Waals surface area contributed by atoms with Gasteiger partial charge in [0.05, 0.1) is 25.7 Å². The average molecular weight is 655 g/mol. The Labute approximate surface area is 268 Å². The molecular formula is C33H34O14. The van der Waals surface area contributed by atoms with E-state index in [0.717, 1.165) is 11.1 Å². The van der Waals surface area contributed by atoms with Crippen LogP contribution in [-0.4, -0.2) is 72.6 Å². The van der Waals surface area contributed by atoms with Crippen LogP contribution in [0.1, 0.15) is 42.4 Å². The van der Waals surface area contributed by atoms with Gasteiger partial charge in [-0.1, -0.05) is 91.0 Å². The van der Waals surface area contributed by atoms with Crippen LogP contribution in [0.25, 0.3) is 0 Å². The number of carboxylic acid groups (broad SMARTS) is 3. The molecule has 0 saturated heterocycles. The summed E-state index contributed by atoms with van der Waals surface area (Å²) in [4.78, 5) is 68.1. The van der Waals surface area contributed by atoms with Crippen LogP contribution in [-0.2, 0) is 62.8 Å². The Morgan fingerprint density at radius 2 is 0.787 bits per heavy atom. The summed E-state index contributed by atoms with van der Waals surface area (Å²) in [6.45, 7) is -0.194. The first-order valence-electron chi connectivity index (χ1n) is 13.9. The molecule has 0 amide bonds. The zero-order chi connectivity index (χ0) is 34.9. The Balaban J connectivity index is 0.000000500. The Morgan fingerprint density at radius 3 is 1.09 bits per heavy atom. The maximum Gasteiger partial charge on any atom is 0.339 e. The summed E-state index contributed by atoms with van der Waals surface area (Å²) in [7, 11) is 0. The summed E-state index contributed by atoms with van der Waals surface area (Å²) in [5, 5.41) is 44.8. The van der Waals surface area contributed by atoms with Crippen molar-refractivity contribution in [3.63, 3.8) is 0 Å². The lowest BCUT2D eigenvalue weighted by molar-refractivity contribution is -0.179. The van der Waals surface area contributed by atoms with Crippen molar-refractivity contribution in [1.82, 2.24) is 0 Å². The van der Waals surface area contributed by atoms with Crippen LogP contribution >= 0.6 is 0 Å². The number of benzene rings is 3. The van der Waals surface area contributed by atoms with Crippen LogP contribution in [0, 0.1) is 0 Å². The zero-order valence-corrected chi connectivity index (χ0v) is 25.0. The summed E-state index contributed by atoms with van der Waals surface area (Å²) < 4.78 is 15.6. The van der Waals surface area contributed by atoms with E-state index in [9.17, 15) is 33.9 Å². The minimum atomic E-state index is -2.74. The number of ether oxygens (including phenoxy) is 3. The van der Waals surface area contributed by atoms with Gasteiger partial charge >= 0.3 is 35.8 Å². The first-order chi connectivity index (χ1) is 22.2. The lowest BCUT2D eigenvalue weighted by Crippen LogP contribution is -2.44. The molecule has 0 spiro atoms. The molecule has 0 saturated carbocycles. The van der Waals surface area contributed by atoms with Crippen molar-refractivity contribution in [2.24, 2.45) is 0 Å². The van der Waals surface area contributed by atoms with Gasteiger partial charge in [0.2, 0.25) is 0 Å². The third kappa shape index (κ3) is 13.9. The number of hydrogen-bond acceptors (Lipinski definition) is 11. The van der Waals surface area contributed by atoms with Crippen molar-refractivity contribution in [3.05, 3.63) is 108 Å². The molecule has 0 fully saturated rings. The minimum Gasteiger partial charge on any atom is -0.481 e. The lowest BCUT2D eigenvalue weighted by atomic mass is 9.95. The van der Waals surface area contributed by atoms with Crippen molar-refractivity contribution >= 4 is 35.8 Å². The molecule has 0 bridgehead atoms. The molecule has 0 unspecified atom stereocenters. The third-order valence-corrected chi connectivity index (χ3v) is 6.24. The molecule has 47 heavy (non-hydrogen) atoms. The van der Waals surface area contributed by atoms with Crippen LogP contribution in [0.5, 0.6) is 0 Å². The minimum absolute atomic E-state index is 0.0345. The van der Waals surface area contributed by atoms with Crippen LogP contribution in [0.2, 0.25) is 0 Å². The molecule has 0 aliphatic rings. The number of carboxylic acids is 3. The van der Waals surface area contributed by atoms with E-state index in [-0.39, 0.29) is 19.8 Å². The number of aliphatic carboxylic acids is 3. The first-order valence-corrected chi connectivity index (χ1v) is 13.9. The molecule has 0 atom stereocenters. The second kappa shape index (κ2) is 18.4. The first kappa shape index (κ1) is 37.6. The molecular weight excluding hydrogens is 620 g/mol. The maximum absolute atomic E-state index is 12.8. The van der Waals surface area contributed by atoms with E-state index in [1.807, 2.05) is 18.2 Å². The maximum atomic E-state index is 12.8. The van der Waals surface area contributed by atoms with Gasteiger partial charge in [-0.2, -0.15) is 0 Å². The van der Waals surface area contributed by atoms with Gasteiger partial charge in [0.25, 0.3) is 0 Å². The number of rotatable bonds is 16. The molecule has 3 rings (SSSR count). The van der Waals surface area contributed by atoms with Gasteiger partial charge in [-0.05, 0) is 16.7 Å². The molecule has 0 aliphatic carbocycles. The summed E-state index contributed by atoms with van der Waals surface area (Å²) in [6.07, 6.45) is -3.80. The summed E-state index contributed by atoms with van der Waals surface area (Å²) in [6, 6.07) is 26.8. The molecule has 0 heterocycles. The lowest BCUT2D eigenvalue weighted by Gasteiger charge is -2.24. The molecule has 5 N–H and O–H groups in total. The van der Waals surface area contributed by atoms with Gasteiger partial charge in [0.1, 0.15) is 19.8 Å². The van der Waals surface area contributed by atoms with E-state index in [4.69, 9.17) is 34.6 Å². The van der Waals surface area contributed by atoms with Crippen molar-refractivity contribution in [1.29, 1.82) is 0 Å². The number of carbonyl (C=O) groups excluding carboxylic acids is 3. The van der Waals surface area contributed by atoms with Gasteiger partial charge in [-0.3, -0.25) is 19.2 Å². The molecule has 0 radical (unpaired) electrons. The zero-order valence-electron chi connectivity index (χ0n) is 25.0. The Hall–Kier alpha value is -5.60. The van der Waals surface area contributed by atoms with Gasteiger partial charge in [0.15, 0.2) is 11.2 Å². The largest absolute Gasteiger partial charge is 0.481 e. The average Bonchev–Trinajstić information content (AvgIpc) is 3.02. The van der Waals surface area contributed by atoms with E-state index in [1.165, 1.54) is 0 Å². The number of hydrogen-bond donors (Lipinski definition) is 5. The topological polar surface area (TPSA) is 231 Å². The molecule has 0 aliphatic heterocycles. The van der Waals surface area contributed by atoms with Gasteiger partial charge in [-0.25, -0.2) is 9.59 Å². The Kier molecular flexibility index (Phi) is 14.7. The highest BCUT2D eigenvalue weighted by atomic mass is 16.6. The van der Waals surface area contributed by atoms with E-state index >= 15 is 0 Å². The number of aliphatic hydroxyl groups is 2. The fourth-order valence-electron chi connectivity index (χ4n) is 3.83. The monoisotopic (exact) mass is 654 g/mol. The van der Waals surface area contributed by atoms with E-state index in [0.29, 0.717) is 5.56 Å². The van der Waals surface area contributed by atoms with Crippen LogP contribution in [0.15, 0.2) is 91.0 Å². The fraction of sp³-hybridized carbons (Fsp3) is 0.273. The fourth-order valence-corrected chi connectivity index (χ4v) is 3.83. The van der Waals surface area contributed by atoms with E-state index in [1.54, 1.807) is 72.8 Å². The second-order valence-electron chi connectivity index (χ2n) is 10.2. The molecule has 14 nitrogen and oxygen atoms in total. The van der Waals surface area contributed by atoms with Crippen molar-refractivity contribution in [2.75, 3.05) is 0 Å². The number of carbonyl (C=O) groups is 6. The van der Waals surface area contributed by atoms with Crippen LogP contribution in [0.4, 0.5) is 0 Å². The van der Waals surface area contributed by atoms with Gasteiger partial charge < -0.3 is 39.7 Å². The smallest absolute Gasteiger partial charge is 0.339 e. The van der Waals surface area contributed by atoms with Crippen LogP contribution < -0.4 is 0 Å².